The molecule has 0 aromatic heterocycles. The zero-order valence-electron chi connectivity index (χ0n) is 4.86. The molecule has 0 saturated carbocycles. The number of rotatable bonds is 0. The van der Waals surface area contributed by atoms with Crippen LogP contribution in [0.4, 0.5) is 0 Å². The van der Waals surface area contributed by atoms with E-state index in [1.807, 2.05) is 0 Å². The van der Waals surface area contributed by atoms with Crippen molar-refractivity contribution in [3.63, 3.8) is 0 Å². The predicted octanol–water partition coefficient (Wildman–Crippen LogP) is -4.05. The summed E-state index contributed by atoms with van der Waals surface area (Å²) in [7, 11) is -5.17. The molecule has 0 heterocycles. The number of hydrogen-bond acceptors (Lipinski definition) is 4. The van der Waals surface area contributed by atoms with Gasteiger partial charge in [-0.2, -0.15) is 0 Å². The van der Waals surface area contributed by atoms with Crippen molar-refractivity contribution in [2.45, 2.75) is 0 Å². The van der Waals surface area contributed by atoms with Crippen LogP contribution in [-0.4, -0.2) is 34.0 Å². The average molecular weight is 420 g/mol. The first-order chi connectivity index (χ1) is 2.00. The van der Waals surface area contributed by atoms with Gasteiger partial charge in [0.15, 0.2) is 0 Å². The zero-order valence-corrected chi connectivity index (χ0v) is 9.84. The van der Waals surface area contributed by atoms with Crippen LogP contribution in [0, 0.1) is 31.1 Å². The molecule has 0 aliphatic carbocycles. The zero-order chi connectivity index (χ0) is 4.50. The standard InChI is InChI=1S/H2O4S.3H2O.2O.U/c1-5(2,3)4;;;;;;/h(H2,1,2,3,4);3*1H2;;;/q;;;;2*-2;/p-2. The van der Waals surface area contributed by atoms with Gasteiger partial charge in [-0.25, -0.2) is 0 Å². The first-order valence-corrected chi connectivity index (χ1v) is 2.00. The molecular formula is H6O9SU-6. The second kappa shape index (κ2) is 22.4. The van der Waals surface area contributed by atoms with E-state index in [1.54, 1.807) is 0 Å². The van der Waals surface area contributed by atoms with Gasteiger partial charge < -0.3 is 36.5 Å². The maximum atomic E-state index is 8.52. The third-order valence-electron chi connectivity index (χ3n) is 0. The predicted molar refractivity (Wildman–Crippen MR) is 22.7 cm³/mol. The van der Waals surface area contributed by atoms with Crippen LogP contribution < -0.4 is 0 Å². The van der Waals surface area contributed by atoms with E-state index in [-0.39, 0.29) is 58.5 Å². The quantitative estimate of drug-likeness (QED) is 0.281. The van der Waals surface area contributed by atoms with E-state index in [4.69, 9.17) is 17.5 Å². The fourth-order valence-electron chi connectivity index (χ4n) is 0. The minimum absolute atomic E-state index is 0. The van der Waals surface area contributed by atoms with Crippen molar-refractivity contribution >= 4 is 10.4 Å². The van der Waals surface area contributed by atoms with Gasteiger partial charge >= 0.3 is 0 Å². The summed E-state index contributed by atoms with van der Waals surface area (Å²) in [5.41, 5.74) is 0. The summed E-state index contributed by atoms with van der Waals surface area (Å²) in [4.78, 5) is 0. The van der Waals surface area contributed by atoms with Crippen molar-refractivity contribution < 1.29 is 76.0 Å². The normalized spacial score (nSPS) is 5.27. The van der Waals surface area contributed by atoms with Gasteiger partial charge in [0.2, 0.25) is 0 Å². The van der Waals surface area contributed by atoms with Gasteiger partial charge in [-0.05, 0) is 0 Å². The van der Waals surface area contributed by atoms with E-state index in [1.165, 1.54) is 0 Å². The van der Waals surface area contributed by atoms with Crippen LogP contribution >= 0.6 is 0 Å². The van der Waals surface area contributed by atoms with Crippen molar-refractivity contribution in [2.75, 3.05) is 0 Å². The average Bonchev–Trinajstić information content (AvgIpc) is 0.722. The minimum Gasteiger partial charge on any atom is -2.00 e. The molecule has 0 aromatic carbocycles. The largest absolute Gasteiger partial charge is 2.00 e. The maximum Gasteiger partial charge on any atom is 0.0311 e. The van der Waals surface area contributed by atoms with Crippen molar-refractivity contribution in [1.29, 1.82) is 0 Å². The molecule has 76 valence electrons. The Morgan fingerprint density at radius 3 is 0.818 bits per heavy atom. The Labute approximate surface area is 86.3 Å². The third-order valence-corrected chi connectivity index (χ3v) is 0. The van der Waals surface area contributed by atoms with E-state index >= 15 is 0 Å². The van der Waals surface area contributed by atoms with Crippen LogP contribution in [0.3, 0.4) is 0 Å². The molecule has 0 fully saturated rings. The Balaban J connectivity index is -0.00000000533. The van der Waals surface area contributed by atoms with E-state index in [9.17, 15) is 0 Å². The third kappa shape index (κ3) is 1560. The van der Waals surface area contributed by atoms with Crippen LogP contribution in [0.25, 0.3) is 0 Å². The van der Waals surface area contributed by atoms with Crippen molar-refractivity contribution in [3.8, 4) is 0 Å². The monoisotopic (exact) mass is 420 g/mol. The molecule has 0 unspecified atom stereocenters. The van der Waals surface area contributed by atoms with Gasteiger partial charge in [0.05, 0.1) is 0 Å². The Bertz CT molecular complexity index is 92.7. The SMILES string of the molecule is O.O.O.O=S(=O)([O-])[O-].[O-2].[O-2].[U]. The molecule has 0 atom stereocenters. The summed E-state index contributed by atoms with van der Waals surface area (Å²) in [5, 5.41) is 0. The van der Waals surface area contributed by atoms with E-state index in [0.717, 1.165) is 0 Å². The fraction of sp³-hybridized carbons (Fsp3) is 0. The van der Waals surface area contributed by atoms with Crippen LogP contribution in [0.2, 0.25) is 0 Å². The number of hydrogen-bond donors (Lipinski definition) is 0. The van der Waals surface area contributed by atoms with Crippen LogP contribution in [-0.2, 0) is 21.4 Å². The van der Waals surface area contributed by atoms with E-state index in [0.29, 0.717) is 0 Å². The Morgan fingerprint density at radius 1 is 0.818 bits per heavy atom. The van der Waals surface area contributed by atoms with Gasteiger partial charge in [-0.1, -0.05) is 0 Å². The van der Waals surface area contributed by atoms with Gasteiger partial charge in [-0.15, -0.1) is 0 Å². The van der Waals surface area contributed by atoms with Crippen molar-refractivity contribution in [3.05, 3.63) is 0 Å². The van der Waals surface area contributed by atoms with Crippen LogP contribution in [0.15, 0.2) is 0 Å². The molecule has 9 nitrogen and oxygen atoms in total. The topological polar surface area (TPSA) is 232 Å². The van der Waals surface area contributed by atoms with E-state index in [2.05, 4.69) is 0 Å². The molecule has 11 heavy (non-hydrogen) atoms. The summed E-state index contributed by atoms with van der Waals surface area (Å²) in [6, 6.07) is 0. The van der Waals surface area contributed by atoms with Gasteiger partial charge in [0.1, 0.15) is 0 Å². The maximum absolute atomic E-state index is 8.52. The molecular weight excluding hydrogens is 414 g/mol. The molecule has 0 aliphatic heterocycles. The molecule has 0 spiro atoms. The van der Waals surface area contributed by atoms with E-state index < -0.39 is 10.4 Å². The summed E-state index contributed by atoms with van der Waals surface area (Å²) in [6.07, 6.45) is 0. The second-order valence-corrected chi connectivity index (χ2v) is 1.22. The first-order valence-electron chi connectivity index (χ1n) is 0.667. The minimum atomic E-state index is -5.17. The molecule has 0 saturated heterocycles. The van der Waals surface area contributed by atoms with Crippen molar-refractivity contribution in [2.24, 2.45) is 0 Å². The molecule has 0 rings (SSSR count). The summed E-state index contributed by atoms with van der Waals surface area (Å²) >= 11 is 0. The van der Waals surface area contributed by atoms with Gasteiger partial charge in [0.25, 0.3) is 0 Å². The second-order valence-electron chi connectivity index (χ2n) is 0.408. The Hall–Kier alpha value is 0.722. The molecule has 0 aromatic rings. The molecule has 0 radical (unpaired) electrons. The van der Waals surface area contributed by atoms with Crippen LogP contribution in [0.5, 0.6) is 0 Å². The van der Waals surface area contributed by atoms with Crippen molar-refractivity contribution in [1.82, 2.24) is 0 Å². The molecule has 0 aliphatic rings. The van der Waals surface area contributed by atoms with Gasteiger partial charge in [0, 0.05) is 41.5 Å². The summed E-state index contributed by atoms with van der Waals surface area (Å²) in [6.45, 7) is 0. The van der Waals surface area contributed by atoms with Crippen LogP contribution in [0.1, 0.15) is 0 Å². The molecule has 0 amide bonds. The Kier molecular flexibility index (Phi) is 123. The summed E-state index contributed by atoms with van der Waals surface area (Å²) in [5.74, 6) is 0. The Morgan fingerprint density at radius 2 is 0.818 bits per heavy atom. The fourth-order valence-corrected chi connectivity index (χ4v) is 0. The molecule has 11 heteroatoms. The first kappa shape index (κ1) is 60.4. The van der Waals surface area contributed by atoms with Gasteiger partial charge in [-0.3, -0.25) is 8.42 Å². The smallest absolute Gasteiger partial charge is 0.0311 e. The molecule has 6 N–H and O–H groups in total. The molecule has 0 bridgehead atoms. The summed E-state index contributed by atoms with van der Waals surface area (Å²) < 4.78 is 34.1.